The van der Waals surface area contributed by atoms with Crippen LogP contribution < -0.4 is 11.5 Å². The normalized spacial score (nSPS) is 17.0. The van der Waals surface area contributed by atoms with Gasteiger partial charge in [0.05, 0.1) is 0 Å². The molecular weight excluding hydrogens is 452 g/mol. The van der Waals surface area contributed by atoms with Gasteiger partial charge in [0, 0.05) is 6.08 Å². The predicted molar refractivity (Wildman–Crippen MR) is 132 cm³/mol. The van der Waals surface area contributed by atoms with Crippen LogP contribution in [0.5, 0.6) is 0 Å². The molecule has 0 aromatic heterocycles. The minimum Gasteiger partial charge on any atom is -0.480 e. The highest BCUT2D eigenvalue weighted by Gasteiger charge is 2.41. The van der Waals surface area contributed by atoms with Crippen molar-refractivity contribution in [1.29, 1.82) is 0 Å². The quantitative estimate of drug-likeness (QED) is 0.109. The summed E-state index contributed by atoms with van der Waals surface area (Å²) in [6, 6.07) is 0. The second-order valence-electron chi connectivity index (χ2n) is 7.88. The summed E-state index contributed by atoms with van der Waals surface area (Å²) < 4.78 is 0. The predicted octanol–water partition coefficient (Wildman–Crippen LogP) is 3.21. The van der Waals surface area contributed by atoms with Gasteiger partial charge in [0.15, 0.2) is 0 Å². The van der Waals surface area contributed by atoms with Crippen LogP contribution in [0.1, 0.15) is 51.9 Å². The molecule has 0 aliphatic carbocycles. The van der Waals surface area contributed by atoms with E-state index in [0.29, 0.717) is 24.3 Å². The van der Waals surface area contributed by atoms with Crippen LogP contribution in [0.15, 0.2) is 23.8 Å². The second-order valence-corrected chi connectivity index (χ2v) is 9.85. The molecule has 32 heavy (non-hydrogen) atoms. The molecule has 0 heterocycles. The molecular formula is C22H38N2O6S2. The van der Waals surface area contributed by atoms with Gasteiger partial charge in [-0.25, -0.2) is 9.59 Å². The van der Waals surface area contributed by atoms with E-state index in [1.54, 1.807) is 12.3 Å². The molecule has 0 bridgehead atoms. The van der Waals surface area contributed by atoms with Crippen molar-refractivity contribution in [3.63, 3.8) is 0 Å². The molecule has 7 N–H and O–H groups in total. The van der Waals surface area contributed by atoms with E-state index in [2.05, 4.69) is 6.92 Å². The van der Waals surface area contributed by atoms with Crippen LogP contribution in [0.3, 0.4) is 0 Å². The van der Waals surface area contributed by atoms with Gasteiger partial charge in [-0.15, -0.1) is 0 Å². The SMILES string of the molecule is CCCCCC(C/C=C/C(=C\C(=O)O)C(N)(CCSC)C(=O)O)C(N)(CCSC)C(=O)O. The van der Waals surface area contributed by atoms with Crippen molar-refractivity contribution in [2.75, 3.05) is 24.0 Å². The summed E-state index contributed by atoms with van der Waals surface area (Å²) in [5.41, 5.74) is 9.16. The van der Waals surface area contributed by atoms with E-state index in [0.717, 1.165) is 25.3 Å². The molecule has 0 saturated heterocycles. The Kier molecular flexibility index (Phi) is 14.7. The number of rotatable bonds is 18. The molecule has 3 atom stereocenters. The van der Waals surface area contributed by atoms with E-state index in [1.165, 1.54) is 29.6 Å². The lowest BCUT2D eigenvalue weighted by Gasteiger charge is -2.33. The summed E-state index contributed by atoms with van der Waals surface area (Å²) in [4.78, 5) is 35.3. The number of aliphatic carboxylic acids is 3. The molecule has 10 heteroatoms. The summed E-state index contributed by atoms with van der Waals surface area (Å²) in [7, 11) is 0. The molecule has 0 aliphatic rings. The van der Waals surface area contributed by atoms with Crippen LogP contribution in [-0.2, 0) is 14.4 Å². The minimum atomic E-state index is -1.86. The second kappa shape index (κ2) is 15.4. The molecule has 0 aromatic rings. The van der Waals surface area contributed by atoms with E-state index in [1.807, 2.05) is 6.26 Å². The van der Waals surface area contributed by atoms with Gasteiger partial charge >= 0.3 is 17.9 Å². The first-order chi connectivity index (χ1) is 15.0. The van der Waals surface area contributed by atoms with Crippen LogP contribution >= 0.6 is 23.5 Å². The lowest BCUT2D eigenvalue weighted by atomic mass is 9.77. The summed E-state index contributed by atoms with van der Waals surface area (Å²) in [5.74, 6) is -3.04. The first-order valence-corrected chi connectivity index (χ1v) is 13.4. The third-order valence-electron chi connectivity index (χ3n) is 5.60. The molecule has 184 valence electrons. The van der Waals surface area contributed by atoms with E-state index in [9.17, 15) is 29.7 Å². The number of thioether (sulfide) groups is 2. The number of nitrogens with two attached hydrogens (primary N) is 2. The van der Waals surface area contributed by atoms with E-state index < -0.39 is 29.0 Å². The average Bonchev–Trinajstić information content (AvgIpc) is 2.73. The van der Waals surface area contributed by atoms with Gasteiger partial charge < -0.3 is 26.8 Å². The highest BCUT2D eigenvalue weighted by atomic mass is 32.2. The van der Waals surface area contributed by atoms with Gasteiger partial charge in [0.1, 0.15) is 11.1 Å². The molecule has 3 unspecified atom stereocenters. The van der Waals surface area contributed by atoms with Crippen molar-refractivity contribution in [3.8, 4) is 0 Å². The van der Waals surface area contributed by atoms with Crippen molar-refractivity contribution in [2.24, 2.45) is 17.4 Å². The standard InChI is InChI=1S/C22H38N2O6S2/c1-4-5-6-8-16(21(23,19(27)28)11-13-31-2)9-7-10-17(15-18(25)26)22(24,20(29)30)12-14-32-3/h7,10,15-16H,4-6,8-9,11-14,23-24H2,1-3H3,(H,25,26)(H,27,28)(H,29,30)/b10-7+,17-15+. The Morgan fingerprint density at radius 3 is 2.03 bits per heavy atom. The Morgan fingerprint density at radius 1 is 0.969 bits per heavy atom. The maximum atomic E-state index is 12.1. The topological polar surface area (TPSA) is 164 Å². The molecule has 0 saturated carbocycles. The Morgan fingerprint density at radius 2 is 1.56 bits per heavy atom. The fourth-order valence-electron chi connectivity index (χ4n) is 3.44. The van der Waals surface area contributed by atoms with Gasteiger partial charge in [-0.1, -0.05) is 38.3 Å². The Bertz CT molecular complexity index is 685. The van der Waals surface area contributed by atoms with E-state index in [4.69, 9.17) is 11.5 Å². The zero-order chi connectivity index (χ0) is 24.8. The smallest absolute Gasteiger partial charge is 0.328 e. The first kappa shape index (κ1) is 30.5. The minimum absolute atomic E-state index is 0.0408. The molecule has 0 aromatic carbocycles. The van der Waals surface area contributed by atoms with Crippen molar-refractivity contribution in [1.82, 2.24) is 0 Å². The number of carbonyl (C=O) groups is 3. The highest BCUT2D eigenvalue weighted by molar-refractivity contribution is 7.98. The third kappa shape index (κ3) is 9.56. The fourth-order valence-corrected chi connectivity index (χ4v) is 4.51. The number of hydrogen-bond donors (Lipinski definition) is 5. The third-order valence-corrected chi connectivity index (χ3v) is 6.82. The lowest BCUT2D eigenvalue weighted by molar-refractivity contribution is -0.146. The maximum Gasteiger partial charge on any atom is 0.328 e. The van der Waals surface area contributed by atoms with Crippen LogP contribution in [0.2, 0.25) is 0 Å². The van der Waals surface area contributed by atoms with Crippen LogP contribution in [-0.4, -0.2) is 68.3 Å². The fraction of sp³-hybridized carbons (Fsp3) is 0.682. The monoisotopic (exact) mass is 490 g/mol. The van der Waals surface area contributed by atoms with Gasteiger partial charge in [-0.05, 0) is 61.2 Å². The van der Waals surface area contributed by atoms with Gasteiger partial charge in [-0.3, -0.25) is 4.79 Å². The summed E-state index contributed by atoms with van der Waals surface area (Å²) in [6.07, 6.45) is 11.5. The average molecular weight is 491 g/mol. The van der Waals surface area contributed by atoms with Gasteiger partial charge in [0.25, 0.3) is 0 Å². The van der Waals surface area contributed by atoms with Crippen molar-refractivity contribution >= 4 is 41.4 Å². The molecule has 0 aliphatic heterocycles. The molecule has 0 fully saturated rings. The molecule has 0 radical (unpaired) electrons. The maximum absolute atomic E-state index is 12.1. The van der Waals surface area contributed by atoms with Crippen LogP contribution in [0.25, 0.3) is 0 Å². The van der Waals surface area contributed by atoms with Crippen LogP contribution in [0, 0.1) is 5.92 Å². The van der Waals surface area contributed by atoms with E-state index >= 15 is 0 Å². The van der Waals surface area contributed by atoms with Crippen molar-refractivity contribution < 1.29 is 29.7 Å². The zero-order valence-electron chi connectivity index (χ0n) is 19.2. The highest BCUT2D eigenvalue weighted by Crippen LogP contribution is 2.31. The molecule has 0 rings (SSSR count). The number of carboxylic acids is 3. The number of allylic oxidation sites excluding steroid dienone is 1. The number of hydrogen-bond acceptors (Lipinski definition) is 7. The summed E-state index contributed by atoms with van der Waals surface area (Å²) >= 11 is 2.93. The largest absolute Gasteiger partial charge is 0.480 e. The molecule has 8 nitrogen and oxygen atoms in total. The Hall–Kier alpha value is -1.49. The summed E-state index contributed by atoms with van der Waals surface area (Å²) in [5, 5.41) is 28.8. The van der Waals surface area contributed by atoms with Gasteiger partial charge in [0.2, 0.25) is 0 Å². The summed E-state index contributed by atoms with van der Waals surface area (Å²) in [6.45, 7) is 2.06. The Balaban J connectivity index is 5.95. The van der Waals surface area contributed by atoms with Crippen molar-refractivity contribution in [3.05, 3.63) is 23.8 Å². The molecule has 0 amide bonds. The lowest BCUT2D eigenvalue weighted by Crippen LogP contribution is -2.54. The zero-order valence-corrected chi connectivity index (χ0v) is 20.8. The first-order valence-electron chi connectivity index (χ1n) is 10.6. The van der Waals surface area contributed by atoms with Gasteiger partial charge in [-0.2, -0.15) is 23.5 Å². The Labute approximate surface area is 199 Å². The molecule has 0 spiro atoms. The van der Waals surface area contributed by atoms with Crippen molar-refractivity contribution in [2.45, 2.75) is 62.9 Å². The van der Waals surface area contributed by atoms with Crippen LogP contribution in [0.4, 0.5) is 0 Å². The number of unbranched alkanes of at least 4 members (excludes halogenated alkanes) is 2. The van der Waals surface area contributed by atoms with E-state index in [-0.39, 0.29) is 24.3 Å². The number of carboxylic acid groups (broad SMARTS) is 3.